The molecule has 0 aromatic rings. The fourth-order valence-electron chi connectivity index (χ4n) is 0.979. The van der Waals surface area contributed by atoms with Gasteiger partial charge in [-0.15, -0.1) is 0 Å². The molecular weight excluding hydrogens is 120 g/mol. The van der Waals surface area contributed by atoms with Gasteiger partial charge in [-0.05, 0) is 0 Å². The summed E-state index contributed by atoms with van der Waals surface area (Å²) >= 11 is 0. The first-order chi connectivity index (χ1) is 2.89. The van der Waals surface area contributed by atoms with Crippen molar-refractivity contribution in [1.29, 1.82) is 0 Å². The fourth-order valence-corrected chi connectivity index (χ4v) is 0.979. The van der Waals surface area contributed by atoms with Crippen LogP contribution in [0.3, 0.4) is 0 Å². The zero-order valence-corrected chi connectivity index (χ0v) is 6.39. The number of hydrogen-bond acceptors (Lipinski definition) is 0. The molecule has 0 spiro atoms. The molecule has 1 saturated carbocycles. The Morgan fingerprint density at radius 1 is 1.14 bits per heavy atom. The van der Waals surface area contributed by atoms with Gasteiger partial charge in [0.05, 0.1) is 0 Å². The maximum Gasteiger partial charge on any atom is 0 e. The molecule has 1 rings (SSSR count). The van der Waals surface area contributed by atoms with Gasteiger partial charge in [0.15, 0.2) is 0 Å². The molecule has 1 heteroatoms. The maximum absolute atomic E-state index is 2.26. The Balaban J connectivity index is 0.000000360. The number of rotatable bonds is 0. The summed E-state index contributed by atoms with van der Waals surface area (Å²) in [5.41, 5.74) is 0. The molecule has 0 saturated heterocycles. The third-order valence-electron chi connectivity index (χ3n) is 1.46. The zero-order chi connectivity index (χ0) is 4.41. The molecule has 0 unspecified atom stereocenters. The minimum atomic E-state index is 0. The second-order valence-corrected chi connectivity index (χ2v) is 2.16. The molecule has 1 fully saturated rings. The second-order valence-electron chi connectivity index (χ2n) is 2.16. The minimum Gasteiger partial charge on any atom is -0.317 e. The summed E-state index contributed by atoms with van der Waals surface area (Å²) < 4.78 is 0. The van der Waals surface area contributed by atoms with Gasteiger partial charge in [-0.1, -0.05) is 12.8 Å². The number of hydrogen-bond donors (Lipinski definition) is 0. The van der Waals surface area contributed by atoms with Crippen LogP contribution < -0.4 is 0 Å². The van der Waals surface area contributed by atoms with Crippen LogP contribution in [0.15, 0.2) is 0 Å². The first kappa shape index (κ1) is 7.71. The third kappa shape index (κ3) is 2.51. The summed E-state index contributed by atoms with van der Waals surface area (Å²) in [7, 11) is 0. The van der Waals surface area contributed by atoms with Gasteiger partial charge in [-0.25, -0.2) is 0 Å². The van der Waals surface area contributed by atoms with Gasteiger partial charge in [0.2, 0.25) is 0 Å². The molecule has 0 aliphatic heterocycles. The van der Waals surface area contributed by atoms with Crippen LogP contribution in [-0.2, 0) is 21.7 Å². The summed E-state index contributed by atoms with van der Waals surface area (Å²) in [6, 6.07) is 0. The Kier molecular flexibility index (Phi) is 4.06. The van der Waals surface area contributed by atoms with Crippen LogP contribution in [0.2, 0.25) is 0 Å². The van der Waals surface area contributed by atoms with E-state index in [4.69, 9.17) is 0 Å². The van der Waals surface area contributed by atoms with Crippen molar-refractivity contribution in [3.8, 4) is 0 Å². The molecule has 1 aliphatic carbocycles. The van der Waals surface area contributed by atoms with E-state index in [1.54, 1.807) is 5.92 Å². The summed E-state index contributed by atoms with van der Waals surface area (Å²) in [5.74, 6) is 1.70. The van der Waals surface area contributed by atoms with Gasteiger partial charge in [-0.2, -0.15) is 19.8 Å². The standard InChI is InChI=1S/C6H11.Ti/c1-6-4-2-3-5-6;/h2-5H2,1H3;/q-1;. The average molecular weight is 131 g/mol. The first-order valence-corrected chi connectivity index (χ1v) is 2.71. The van der Waals surface area contributed by atoms with Crippen LogP contribution in [0.5, 0.6) is 0 Å². The first-order valence-electron chi connectivity index (χ1n) is 2.71. The van der Waals surface area contributed by atoms with Gasteiger partial charge < -0.3 is 5.92 Å². The molecule has 0 heterocycles. The van der Waals surface area contributed by atoms with Crippen molar-refractivity contribution in [2.45, 2.75) is 32.6 Å². The molecule has 0 nitrogen and oxygen atoms in total. The Hall–Kier alpha value is 0.714. The molecule has 1 aliphatic rings. The van der Waals surface area contributed by atoms with E-state index >= 15 is 0 Å². The largest absolute Gasteiger partial charge is 0.317 e. The van der Waals surface area contributed by atoms with Crippen LogP contribution in [-0.4, -0.2) is 0 Å². The van der Waals surface area contributed by atoms with Crippen molar-refractivity contribution in [1.82, 2.24) is 0 Å². The summed E-state index contributed by atoms with van der Waals surface area (Å²) in [6.07, 6.45) is 5.71. The van der Waals surface area contributed by atoms with E-state index in [0.29, 0.717) is 0 Å². The monoisotopic (exact) mass is 131 g/mol. The summed E-state index contributed by atoms with van der Waals surface area (Å²) in [6.45, 7) is 2.26. The van der Waals surface area contributed by atoms with E-state index < -0.39 is 0 Å². The van der Waals surface area contributed by atoms with Crippen LogP contribution in [0.25, 0.3) is 0 Å². The third-order valence-corrected chi connectivity index (χ3v) is 1.46. The summed E-state index contributed by atoms with van der Waals surface area (Å²) in [4.78, 5) is 0. The normalized spacial score (nSPS) is 21.9. The SMILES string of the molecule is C[C-]1CCCC1.[Ti]. The van der Waals surface area contributed by atoms with E-state index in [9.17, 15) is 0 Å². The van der Waals surface area contributed by atoms with Crippen LogP contribution >= 0.6 is 0 Å². The van der Waals surface area contributed by atoms with Gasteiger partial charge >= 0.3 is 0 Å². The van der Waals surface area contributed by atoms with E-state index in [0.717, 1.165) is 0 Å². The topological polar surface area (TPSA) is 0 Å². The van der Waals surface area contributed by atoms with Crippen LogP contribution in [0.1, 0.15) is 32.6 Å². The van der Waals surface area contributed by atoms with Crippen molar-refractivity contribution in [3.05, 3.63) is 5.92 Å². The smallest absolute Gasteiger partial charge is 0 e. The predicted octanol–water partition coefficient (Wildman–Crippen LogP) is 2.15. The van der Waals surface area contributed by atoms with Gasteiger partial charge in [0.25, 0.3) is 0 Å². The molecule has 0 atom stereocenters. The Labute approximate surface area is 60.6 Å². The minimum absolute atomic E-state index is 0. The molecule has 0 amide bonds. The van der Waals surface area contributed by atoms with Crippen molar-refractivity contribution in [2.75, 3.05) is 0 Å². The Morgan fingerprint density at radius 3 is 1.71 bits per heavy atom. The molecule has 0 N–H and O–H groups in total. The summed E-state index contributed by atoms with van der Waals surface area (Å²) in [5, 5.41) is 0. The van der Waals surface area contributed by atoms with E-state index in [-0.39, 0.29) is 21.7 Å². The molecule has 0 bridgehead atoms. The van der Waals surface area contributed by atoms with Gasteiger partial charge in [0, 0.05) is 21.7 Å². The Morgan fingerprint density at radius 2 is 1.57 bits per heavy atom. The molecule has 0 aromatic carbocycles. The van der Waals surface area contributed by atoms with Gasteiger partial charge in [0.1, 0.15) is 0 Å². The van der Waals surface area contributed by atoms with E-state index in [1.165, 1.54) is 25.7 Å². The maximum atomic E-state index is 2.26. The van der Waals surface area contributed by atoms with Crippen LogP contribution in [0.4, 0.5) is 0 Å². The molecular formula is C6H11Ti-. The van der Waals surface area contributed by atoms with Crippen molar-refractivity contribution >= 4 is 0 Å². The van der Waals surface area contributed by atoms with E-state index in [1.807, 2.05) is 0 Å². The van der Waals surface area contributed by atoms with Gasteiger partial charge in [-0.3, -0.25) is 0 Å². The Bertz CT molecular complexity index is 37.4. The van der Waals surface area contributed by atoms with Crippen molar-refractivity contribution < 1.29 is 21.7 Å². The quantitative estimate of drug-likeness (QED) is 0.349. The molecule has 0 aromatic heterocycles. The molecule has 7 heavy (non-hydrogen) atoms. The predicted molar refractivity (Wildman–Crippen MR) is 27.4 cm³/mol. The second kappa shape index (κ2) is 3.68. The fraction of sp³-hybridized carbons (Fsp3) is 0.833. The zero-order valence-electron chi connectivity index (χ0n) is 4.83. The van der Waals surface area contributed by atoms with Crippen molar-refractivity contribution in [3.63, 3.8) is 0 Å². The van der Waals surface area contributed by atoms with Crippen molar-refractivity contribution in [2.24, 2.45) is 0 Å². The van der Waals surface area contributed by atoms with Crippen LogP contribution in [0, 0.1) is 5.92 Å². The molecule has 0 radical (unpaired) electrons. The molecule has 40 valence electrons. The average Bonchev–Trinajstić information content (AvgIpc) is 1.86. The van der Waals surface area contributed by atoms with E-state index in [2.05, 4.69) is 6.92 Å².